The van der Waals surface area contributed by atoms with Gasteiger partial charge in [0.2, 0.25) is 0 Å². The number of urea groups is 1. The molecular formula is C10H22N2O4. The molecule has 0 radical (unpaired) electrons. The van der Waals surface area contributed by atoms with Crippen LogP contribution < -0.4 is 5.32 Å². The van der Waals surface area contributed by atoms with Crippen LogP contribution in [-0.2, 0) is 14.2 Å². The summed E-state index contributed by atoms with van der Waals surface area (Å²) in [6.45, 7) is 3.15. The van der Waals surface area contributed by atoms with Gasteiger partial charge >= 0.3 is 6.03 Å². The van der Waals surface area contributed by atoms with Gasteiger partial charge in [-0.3, -0.25) is 0 Å². The summed E-state index contributed by atoms with van der Waals surface area (Å²) in [5.41, 5.74) is 0. The molecule has 16 heavy (non-hydrogen) atoms. The number of methoxy groups -OCH3 is 3. The van der Waals surface area contributed by atoms with Crippen LogP contribution in [0.15, 0.2) is 0 Å². The summed E-state index contributed by atoms with van der Waals surface area (Å²) in [4.78, 5) is 13.3. The fourth-order valence-corrected chi connectivity index (χ4v) is 1.09. The molecule has 96 valence electrons. The van der Waals surface area contributed by atoms with Crippen molar-refractivity contribution in [2.24, 2.45) is 0 Å². The van der Waals surface area contributed by atoms with Crippen LogP contribution in [0, 0.1) is 0 Å². The molecule has 1 N–H and O–H groups in total. The van der Waals surface area contributed by atoms with Crippen LogP contribution in [0.2, 0.25) is 0 Å². The number of carbonyl (C=O) groups is 1. The smallest absolute Gasteiger partial charge is 0.317 e. The largest absolute Gasteiger partial charge is 0.383 e. The van der Waals surface area contributed by atoms with Gasteiger partial charge in [0.05, 0.1) is 19.8 Å². The minimum Gasteiger partial charge on any atom is -0.383 e. The van der Waals surface area contributed by atoms with Gasteiger partial charge in [-0.1, -0.05) is 0 Å². The maximum absolute atomic E-state index is 11.7. The van der Waals surface area contributed by atoms with Crippen molar-refractivity contribution in [2.45, 2.75) is 0 Å². The van der Waals surface area contributed by atoms with E-state index in [9.17, 15) is 4.79 Å². The Morgan fingerprint density at radius 2 is 1.50 bits per heavy atom. The molecule has 0 heterocycles. The summed E-state index contributed by atoms with van der Waals surface area (Å²) in [5, 5.41) is 2.75. The second-order valence-corrected chi connectivity index (χ2v) is 3.20. The summed E-state index contributed by atoms with van der Waals surface area (Å²) in [5.74, 6) is 0. The van der Waals surface area contributed by atoms with Gasteiger partial charge in [0.15, 0.2) is 0 Å². The number of amides is 2. The Bertz CT molecular complexity index is 170. The minimum absolute atomic E-state index is 0.119. The van der Waals surface area contributed by atoms with Gasteiger partial charge in [-0.15, -0.1) is 0 Å². The van der Waals surface area contributed by atoms with Crippen molar-refractivity contribution >= 4 is 6.03 Å². The van der Waals surface area contributed by atoms with Gasteiger partial charge in [-0.25, -0.2) is 4.79 Å². The molecule has 0 spiro atoms. The number of nitrogens with zero attached hydrogens (tertiary/aromatic N) is 1. The van der Waals surface area contributed by atoms with Gasteiger partial charge in [0, 0.05) is 41.0 Å². The van der Waals surface area contributed by atoms with Crippen molar-refractivity contribution < 1.29 is 19.0 Å². The lowest BCUT2D eigenvalue weighted by molar-refractivity contribution is 0.120. The van der Waals surface area contributed by atoms with E-state index in [1.54, 1.807) is 26.2 Å². The fraction of sp³-hybridized carbons (Fsp3) is 0.900. The summed E-state index contributed by atoms with van der Waals surface area (Å²) >= 11 is 0. The lowest BCUT2D eigenvalue weighted by Gasteiger charge is -2.22. The molecule has 2 amide bonds. The zero-order valence-corrected chi connectivity index (χ0v) is 10.3. The van der Waals surface area contributed by atoms with Crippen LogP contribution >= 0.6 is 0 Å². The molecule has 0 aromatic heterocycles. The first-order chi connectivity index (χ1) is 7.76. The van der Waals surface area contributed by atoms with E-state index in [2.05, 4.69) is 5.32 Å². The predicted molar refractivity (Wildman–Crippen MR) is 60.6 cm³/mol. The molecule has 0 atom stereocenters. The van der Waals surface area contributed by atoms with E-state index in [0.717, 1.165) is 0 Å². The van der Waals surface area contributed by atoms with Gasteiger partial charge < -0.3 is 24.4 Å². The van der Waals surface area contributed by atoms with Gasteiger partial charge in [0.25, 0.3) is 0 Å². The Kier molecular flexibility index (Phi) is 10.1. The standard InChI is InChI=1S/C10H22N2O4/c1-14-7-4-11-10(13)12(5-8-15-2)6-9-16-3/h4-9H2,1-3H3,(H,11,13). The van der Waals surface area contributed by atoms with Gasteiger partial charge in [-0.2, -0.15) is 0 Å². The van der Waals surface area contributed by atoms with Crippen molar-refractivity contribution in [3.05, 3.63) is 0 Å². The van der Waals surface area contributed by atoms with E-state index in [1.807, 2.05) is 0 Å². The molecule has 0 aromatic rings. The van der Waals surface area contributed by atoms with Crippen LogP contribution in [0.1, 0.15) is 0 Å². The zero-order chi connectivity index (χ0) is 12.2. The number of nitrogens with one attached hydrogen (secondary N) is 1. The third-order valence-corrected chi connectivity index (χ3v) is 2.00. The summed E-state index contributed by atoms with van der Waals surface area (Å²) in [6.07, 6.45) is 0. The normalized spacial score (nSPS) is 10.2. The predicted octanol–water partition coefficient (Wildman–Crippen LogP) is -0.0628. The Morgan fingerprint density at radius 1 is 1.00 bits per heavy atom. The van der Waals surface area contributed by atoms with E-state index in [1.165, 1.54) is 0 Å². The Morgan fingerprint density at radius 3 is 1.94 bits per heavy atom. The highest BCUT2D eigenvalue weighted by atomic mass is 16.5. The van der Waals surface area contributed by atoms with E-state index >= 15 is 0 Å². The lowest BCUT2D eigenvalue weighted by Crippen LogP contribution is -2.44. The summed E-state index contributed by atoms with van der Waals surface area (Å²) in [7, 11) is 4.81. The van der Waals surface area contributed by atoms with Gasteiger partial charge in [0.1, 0.15) is 0 Å². The summed E-state index contributed by atoms with van der Waals surface area (Å²) < 4.78 is 14.7. The monoisotopic (exact) mass is 234 g/mol. The van der Waals surface area contributed by atoms with Crippen LogP contribution in [0.25, 0.3) is 0 Å². The second kappa shape index (κ2) is 10.7. The Hall–Kier alpha value is -0.850. The average molecular weight is 234 g/mol. The highest BCUT2D eigenvalue weighted by molar-refractivity contribution is 5.74. The first kappa shape index (κ1) is 15.2. The molecule has 0 saturated heterocycles. The second-order valence-electron chi connectivity index (χ2n) is 3.20. The summed E-state index contributed by atoms with van der Waals surface area (Å²) in [6, 6.07) is -0.119. The molecule has 0 aliphatic heterocycles. The third kappa shape index (κ3) is 7.44. The number of hydrogen-bond acceptors (Lipinski definition) is 4. The van der Waals surface area contributed by atoms with Crippen LogP contribution in [0.3, 0.4) is 0 Å². The van der Waals surface area contributed by atoms with Crippen LogP contribution in [0.5, 0.6) is 0 Å². The van der Waals surface area contributed by atoms with Crippen molar-refractivity contribution in [3.63, 3.8) is 0 Å². The molecule has 6 nitrogen and oxygen atoms in total. The lowest BCUT2D eigenvalue weighted by atomic mass is 10.5. The molecule has 0 aromatic carbocycles. The number of rotatable bonds is 9. The molecule has 0 bridgehead atoms. The maximum atomic E-state index is 11.7. The molecule has 6 heteroatoms. The van der Waals surface area contributed by atoms with Crippen LogP contribution in [-0.4, -0.2) is 71.7 Å². The fourth-order valence-electron chi connectivity index (χ4n) is 1.09. The number of ether oxygens (including phenoxy) is 3. The first-order valence-corrected chi connectivity index (χ1v) is 5.25. The van der Waals surface area contributed by atoms with Crippen molar-refractivity contribution in [1.29, 1.82) is 0 Å². The molecule has 0 saturated carbocycles. The number of carbonyl (C=O) groups excluding carboxylic acids is 1. The molecule has 0 rings (SSSR count). The topological polar surface area (TPSA) is 60.0 Å². The molecule has 0 fully saturated rings. The SMILES string of the molecule is COCCNC(=O)N(CCOC)CCOC. The van der Waals surface area contributed by atoms with Gasteiger partial charge in [-0.05, 0) is 0 Å². The first-order valence-electron chi connectivity index (χ1n) is 5.25. The quantitative estimate of drug-likeness (QED) is 0.568. The Labute approximate surface area is 96.8 Å². The Balaban J connectivity index is 3.88. The van der Waals surface area contributed by atoms with E-state index in [4.69, 9.17) is 14.2 Å². The average Bonchev–Trinajstić information content (AvgIpc) is 2.29. The molecule has 0 aliphatic carbocycles. The number of hydrogen-bond donors (Lipinski definition) is 1. The van der Waals surface area contributed by atoms with Crippen molar-refractivity contribution in [2.75, 3.05) is 60.8 Å². The van der Waals surface area contributed by atoms with E-state index in [-0.39, 0.29) is 6.03 Å². The van der Waals surface area contributed by atoms with E-state index in [0.29, 0.717) is 39.5 Å². The molecular weight excluding hydrogens is 212 g/mol. The molecule has 0 unspecified atom stereocenters. The van der Waals surface area contributed by atoms with Crippen molar-refractivity contribution in [1.82, 2.24) is 10.2 Å². The highest BCUT2D eigenvalue weighted by Crippen LogP contribution is 1.90. The minimum atomic E-state index is -0.119. The zero-order valence-electron chi connectivity index (χ0n) is 10.3. The van der Waals surface area contributed by atoms with Crippen LogP contribution in [0.4, 0.5) is 4.79 Å². The third-order valence-electron chi connectivity index (χ3n) is 2.00. The highest BCUT2D eigenvalue weighted by Gasteiger charge is 2.11. The van der Waals surface area contributed by atoms with E-state index < -0.39 is 0 Å². The maximum Gasteiger partial charge on any atom is 0.317 e. The van der Waals surface area contributed by atoms with Crippen molar-refractivity contribution in [3.8, 4) is 0 Å². The molecule has 0 aliphatic rings.